The van der Waals surface area contributed by atoms with E-state index in [0.717, 1.165) is 6.07 Å². The fraction of sp³-hybridized carbons (Fsp3) is 0.188. The molecule has 9 nitrogen and oxygen atoms in total. The summed E-state index contributed by atoms with van der Waals surface area (Å²) in [6.07, 6.45) is 0. The molecular formula is C16H16N2O7S. The summed E-state index contributed by atoms with van der Waals surface area (Å²) >= 11 is 0. The number of nitro groups is 1. The van der Waals surface area contributed by atoms with Crippen LogP contribution in [0.3, 0.4) is 0 Å². The normalized spacial score (nSPS) is 10.9. The van der Waals surface area contributed by atoms with Gasteiger partial charge in [0, 0.05) is 11.6 Å². The van der Waals surface area contributed by atoms with E-state index in [1.807, 2.05) is 0 Å². The van der Waals surface area contributed by atoms with Crippen LogP contribution < -0.4 is 9.46 Å². The molecule has 0 aliphatic heterocycles. The van der Waals surface area contributed by atoms with Gasteiger partial charge in [0.05, 0.1) is 35.3 Å². The Kier molecular flexibility index (Phi) is 5.46. The molecule has 0 unspecified atom stereocenters. The Morgan fingerprint density at radius 2 is 1.85 bits per heavy atom. The van der Waals surface area contributed by atoms with Crippen molar-refractivity contribution in [3.05, 3.63) is 57.6 Å². The van der Waals surface area contributed by atoms with Gasteiger partial charge < -0.3 is 9.47 Å². The number of nitro benzene ring substituents is 1. The van der Waals surface area contributed by atoms with E-state index in [0.29, 0.717) is 5.56 Å². The number of anilines is 1. The minimum absolute atomic E-state index is 0.00127. The third kappa shape index (κ3) is 3.91. The molecule has 2 rings (SSSR count). The molecular weight excluding hydrogens is 364 g/mol. The summed E-state index contributed by atoms with van der Waals surface area (Å²) in [4.78, 5) is 21.7. The first-order valence-corrected chi connectivity index (χ1v) is 8.72. The van der Waals surface area contributed by atoms with E-state index < -0.39 is 20.9 Å². The molecule has 1 N–H and O–H groups in total. The summed E-state index contributed by atoms with van der Waals surface area (Å²) in [6.45, 7) is 1.50. The van der Waals surface area contributed by atoms with Crippen LogP contribution in [0.1, 0.15) is 15.9 Å². The SMILES string of the molecule is COC(=O)c1ccc(OC)c(NS(=O)(=O)c2ccc(C)c([N+](=O)[O-])c2)c1. The number of sulfonamides is 1. The van der Waals surface area contributed by atoms with E-state index in [2.05, 4.69) is 9.46 Å². The van der Waals surface area contributed by atoms with Crippen molar-refractivity contribution in [3.8, 4) is 5.75 Å². The van der Waals surface area contributed by atoms with E-state index in [-0.39, 0.29) is 27.6 Å². The zero-order chi connectivity index (χ0) is 19.5. The van der Waals surface area contributed by atoms with E-state index in [9.17, 15) is 23.3 Å². The number of carbonyl (C=O) groups excluding carboxylic acids is 1. The topological polar surface area (TPSA) is 125 Å². The first kappa shape index (κ1) is 19.2. The number of benzene rings is 2. The molecule has 0 amide bonds. The van der Waals surface area contributed by atoms with Crippen molar-refractivity contribution in [3.63, 3.8) is 0 Å². The van der Waals surface area contributed by atoms with E-state index >= 15 is 0 Å². The van der Waals surface area contributed by atoms with Crippen molar-refractivity contribution in [2.24, 2.45) is 0 Å². The van der Waals surface area contributed by atoms with Crippen LogP contribution in [0.25, 0.3) is 0 Å². The molecule has 138 valence electrons. The van der Waals surface area contributed by atoms with Crippen LogP contribution in [0, 0.1) is 17.0 Å². The lowest BCUT2D eigenvalue weighted by molar-refractivity contribution is -0.385. The molecule has 0 radical (unpaired) electrons. The molecule has 2 aromatic carbocycles. The lowest BCUT2D eigenvalue weighted by atomic mass is 10.2. The number of carbonyl (C=O) groups is 1. The van der Waals surface area contributed by atoms with Crippen molar-refractivity contribution < 1.29 is 27.6 Å². The molecule has 0 bridgehead atoms. The fourth-order valence-electron chi connectivity index (χ4n) is 2.19. The Bertz CT molecular complexity index is 971. The highest BCUT2D eigenvalue weighted by molar-refractivity contribution is 7.92. The monoisotopic (exact) mass is 380 g/mol. The summed E-state index contributed by atoms with van der Waals surface area (Å²) in [5.41, 5.74) is 0.127. The second-order valence-corrected chi connectivity index (χ2v) is 6.90. The molecule has 0 fully saturated rings. The number of methoxy groups -OCH3 is 2. The second-order valence-electron chi connectivity index (χ2n) is 5.22. The molecule has 0 aliphatic rings. The van der Waals surface area contributed by atoms with Crippen LogP contribution in [0.5, 0.6) is 5.75 Å². The van der Waals surface area contributed by atoms with Gasteiger partial charge in [0.25, 0.3) is 15.7 Å². The molecule has 26 heavy (non-hydrogen) atoms. The first-order chi connectivity index (χ1) is 12.2. The number of nitrogens with one attached hydrogen (secondary N) is 1. The Balaban J connectivity index is 2.48. The van der Waals surface area contributed by atoms with Crippen molar-refractivity contribution in [2.75, 3.05) is 18.9 Å². The Labute approximate surface area is 149 Å². The van der Waals surface area contributed by atoms with Gasteiger partial charge in [0.1, 0.15) is 5.75 Å². The Morgan fingerprint density at radius 3 is 2.42 bits per heavy atom. The van der Waals surface area contributed by atoms with Gasteiger partial charge in [-0.1, -0.05) is 6.07 Å². The van der Waals surface area contributed by atoms with Gasteiger partial charge in [-0.2, -0.15) is 0 Å². The van der Waals surface area contributed by atoms with Gasteiger partial charge in [0.15, 0.2) is 0 Å². The van der Waals surface area contributed by atoms with Gasteiger partial charge in [-0.3, -0.25) is 14.8 Å². The maximum absolute atomic E-state index is 12.6. The predicted molar refractivity (Wildman–Crippen MR) is 93.0 cm³/mol. The van der Waals surface area contributed by atoms with E-state index in [1.54, 1.807) is 0 Å². The van der Waals surface area contributed by atoms with Gasteiger partial charge in [-0.25, -0.2) is 13.2 Å². The lowest BCUT2D eigenvalue weighted by Crippen LogP contribution is -2.15. The highest BCUT2D eigenvalue weighted by Crippen LogP contribution is 2.29. The van der Waals surface area contributed by atoms with Crippen LogP contribution in [0.2, 0.25) is 0 Å². The summed E-state index contributed by atoms with van der Waals surface area (Å²) in [6, 6.07) is 7.64. The predicted octanol–water partition coefficient (Wildman–Crippen LogP) is 2.50. The molecule has 0 spiro atoms. The number of hydrogen-bond acceptors (Lipinski definition) is 7. The van der Waals surface area contributed by atoms with Gasteiger partial charge in [0.2, 0.25) is 0 Å². The maximum atomic E-state index is 12.6. The highest BCUT2D eigenvalue weighted by atomic mass is 32.2. The minimum Gasteiger partial charge on any atom is -0.495 e. The summed E-state index contributed by atoms with van der Waals surface area (Å²) in [7, 11) is -1.62. The van der Waals surface area contributed by atoms with Crippen LogP contribution >= 0.6 is 0 Å². The van der Waals surface area contributed by atoms with Crippen molar-refractivity contribution in [1.29, 1.82) is 0 Å². The standard InChI is InChI=1S/C16H16N2O7S/c1-10-4-6-12(9-14(10)18(20)21)26(22,23)17-13-8-11(16(19)25-3)5-7-15(13)24-2/h4-9,17H,1-3H3. The highest BCUT2D eigenvalue weighted by Gasteiger charge is 2.22. The summed E-state index contributed by atoms with van der Waals surface area (Å²) in [5, 5.41) is 11.0. The molecule has 0 atom stereocenters. The summed E-state index contributed by atoms with van der Waals surface area (Å²) in [5.74, 6) is -0.484. The second kappa shape index (κ2) is 7.40. The summed E-state index contributed by atoms with van der Waals surface area (Å²) < 4.78 is 37.2. The van der Waals surface area contributed by atoms with Crippen molar-refractivity contribution in [2.45, 2.75) is 11.8 Å². The molecule has 2 aromatic rings. The van der Waals surface area contributed by atoms with Crippen LogP contribution in [0.4, 0.5) is 11.4 Å². The number of hydrogen-bond donors (Lipinski definition) is 1. The average Bonchev–Trinajstić information content (AvgIpc) is 2.60. The zero-order valence-corrected chi connectivity index (χ0v) is 15.0. The van der Waals surface area contributed by atoms with E-state index in [4.69, 9.17) is 4.74 Å². The molecule has 10 heteroatoms. The molecule has 0 aromatic heterocycles. The first-order valence-electron chi connectivity index (χ1n) is 7.24. The van der Waals surface area contributed by atoms with Crippen LogP contribution in [-0.4, -0.2) is 33.5 Å². The van der Waals surface area contributed by atoms with Crippen LogP contribution in [0.15, 0.2) is 41.3 Å². The molecule has 0 saturated carbocycles. The van der Waals surface area contributed by atoms with Gasteiger partial charge in [-0.05, 0) is 31.2 Å². The quantitative estimate of drug-likeness (QED) is 0.464. The molecule has 0 aliphatic carbocycles. The number of ether oxygens (including phenoxy) is 2. The third-order valence-corrected chi connectivity index (χ3v) is 4.92. The zero-order valence-electron chi connectivity index (χ0n) is 14.2. The number of nitrogens with zero attached hydrogens (tertiary/aromatic N) is 1. The number of rotatable bonds is 6. The molecule has 0 saturated heterocycles. The molecule has 0 heterocycles. The number of aryl methyl sites for hydroxylation is 1. The minimum atomic E-state index is -4.15. The number of esters is 1. The van der Waals surface area contributed by atoms with Crippen molar-refractivity contribution in [1.82, 2.24) is 0 Å². The fourth-order valence-corrected chi connectivity index (χ4v) is 3.27. The Morgan fingerprint density at radius 1 is 1.15 bits per heavy atom. The lowest BCUT2D eigenvalue weighted by Gasteiger charge is -2.13. The Hall–Kier alpha value is -3.14. The average molecular weight is 380 g/mol. The van der Waals surface area contributed by atoms with Crippen molar-refractivity contribution >= 4 is 27.4 Å². The van der Waals surface area contributed by atoms with Crippen LogP contribution in [-0.2, 0) is 14.8 Å². The van der Waals surface area contributed by atoms with Gasteiger partial charge in [-0.15, -0.1) is 0 Å². The maximum Gasteiger partial charge on any atom is 0.337 e. The van der Waals surface area contributed by atoms with Gasteiger partial charge >= 0.3 is 5.97 Å². The largest absolute Gasteiger partial charge is 0.495 e. The third-order valence-electron chi connectivity index (χ3n) is 3.55. The van der Waals surface area contributed by atoms with E-state index in [1.165, 1.54) is 51.5 Å². The smallest absolute Gasteiger partial charge is 0.337 e.